The highest BCUT2D eigenvalue weighted by Gasteiger charge is 2.06. The monoisotopic (exact) mass is 192 g/mol. The van der Waals surface area contributed by atoms with Crippen LogP contribution < -0.4 is 4.74 Å². The van der Waals surface area contributed by atoms with Crippen molar-refractivity contribution < 1.29 is 14.6 Å². The van der Waals surface area contributed by atoms with E-state index in [0.29, 0.717) is 17.9 Å². The number of hydrogen-bond donors (Lipinski definition) is 1. The van der Waals surface area contributed by atoms with Gasteiger partial charge >= 0.3 is 5.97 Å². The zero-order chi connectivity index (χ0) is 10.4. The van der Waals surface area contributed by atoms with E-state index < -0.39 is 5.97 Å². The summed E-state index contributed by atoms with van der Waals surface area (Å²) < 4.78 is 5.31. The average molecular weight is 192 g/mol. The number of hydrogen-bond acceptors (Lipinski definition) is 2. The van der Waals surface area contributed by atoms with E-state index in [1.165, 1.54) is 0 Å². The van der Waals surface area contributed by atoms with Gasteiger partial charge in [-0.1, -0.05) is 30.9 Å². The van der Waals surface area contributed by atoms with Crippen LogP contribution in [0.1, 0.15) is 5.56 Å². The molecule has 74 valence electrons. The molecular weight excluding hydrogens is 180 g/mol. The van der Waals surface area contributed by atoms with Crippen LogP contribution >= 0.6 is 0 Å². The van der Waals surface area contributed by atoms with Gasteiger partial charge in [0.05, 0.1) is 6.42 Å². The Morgan fingerprint density at radius 3 is 2.86 bits per heavy atom. The molecule has 0 atom stereocenters. The molecule has 0 amide bonds. The first-order chi connectivity index (χ1) is 6.74. The van der Waals surface area contributed by atoms with Crippen LogP contribution in [0.4, 0.5) is 0 Å². The number of carboxylic acid groups (broad SMARTS) is 1. The molecule has 0 radical (unpaired) electrons. The van der Waals surface area contributed by atoms with Crippen molar-refractivity contribution >= 4 is 5.97 Å². The van der Waals surface area contributed by atoms with Crippen molar-refractivity contribution in [3.05, 3.63) is 42.5 Å². The van der Waals surface area contributed by atoms with Crippen LogP contribution in [-0.2, 0) is 11.2 Å². The molecule has 0 aliphatic rings. The molecule has 0 spiro atoms. The molecule has 0 saturated carbocycles. The number of ether oxygens (including phenoxy) is 1. The molecule has 1 aromatic rings. The first-order valence-corrected chi connectivity index (χ1v) is 4.27. The van der Waals surface area contributed by atoms with Gasteiger partial charge in [-0.3, -0.25) is 4.79 Å². The number of carboxylic acids is 1. The Morgan fingerprint density at radius 1 is 1.50 bits per heavy atom. The van der Waals surface area contributed by atoms with Crippen LogP contribution in [0, 0.1) is 0 Å². The number of para-hydroxylation sites is 1. The van der Waals surface area contributed by atoms with Gasteiger partial charge < -0.3 is 9.84 Å². The number of rotatable bonds is 5. The molecule has 3 nitrogen and oxygen atoms in total. The van der Waals surface area contributed by atoms with Crippen LogP contribution in [0.25, 0.3) is 0 Å². The molecule has 0 saturated heterocycles. The fraction of sp³-hybridized carbons (Fsp3) is 0.182. The van der Waals surface area contributed by atoms with E-state index >= 15 is 0 Å². The van der Waals surface area contributed by atoms with Crippen molar-refractivity contribution in [3.8, 4) is 5.75 Å². The van der Waals surface area contributed by atoms with E-state index in [2.05, 4.69) is 6.58 Å². The molecule has 3 heteroatoms. The Morgan fingerprint density at radius 2 is 2.21 bits per heavy atom. The molecule has 0 unspecified atom stereocenters. The number of benzene rings is 1. The number of carbonyl (C=O) groups is 1. The highest BCUT2D eigenvalue weighted by atomic mass is 16.5. The third-order valence-corrected chi connectivity index (χ3v) is 1.67. The van der Waals surface area contributed by atoms with Gasteiger partial charge in [0, 0.05) is 5.56 Å². The van der Waals surface area contributed by atoms with Crippen molar-refractivity contribution in [2.24, 2.45) is 0 Å². The summed E-state index contributed by atoms with van der Waals surface area (Å²) in [4.78, 5) is 10.5. The molecule has 1 N–H and O–H groups in total. The molecule has 0 fully saturated rings. The predicted octanol–water partition coefficient (Wildman–Crippen LogP) is 1.88. The lowest BCUT2D eigenvalue weighted by Crippen LogP contribution is -2.03. The summed E-state index contributed by atoms with van der Waals surface area (Å²) in [7, 11) is 0. The maximum atomic E-state index is 10.5. The zero-order valence-electron chi connectivity index (χ0n) is 7.77. The lowest BCUT2D eigenvalue weighted by Gasteiger charge is -2.07. The van der Waals surface area contributed by atoms with Gasteiger partial charge in [0.2, 0.25) is 0 Å². The normalized spacial score (nSPS) is 9.43. The molecule has 0 aliphatic heterocycles. The Bertz CT molecular complexity index is 331. The van der Waals surface area contributed by atoms with Crippen LogP contribution in [0.5, 0.6) is 5.75 Å². The second-order valence-electron chi connectivity index (χ2n) is 2.78. The first-order valence-electron chi connectivity index (χ1n) is 4.27. The average Bonchev–Trinajstić information content (AvgIpc) is 2.16. The summed E-state index contributed by atoms with van der Waals surface area (Å²) in [6.45, 7) is 3.91. The summed E-state index contributed by atoms with van der Waals surface area (Å²) >= 11 is 0. The SMILES string of the molecule is C=CCOc1ccccc1CC(=O)O. The minimum absolute atomic E-state index is 0.0205. The van der Waals surface area contributed by atoms with Crippen molar-refractivity contribution in [3.63, 3.8) is 0 Å². The summed E-state index contributed by atoms with van der Waals surface area (Å²) in [5.41, 5.74) is 0.682. The fourth-order valence-corrected chi connectivity index (χ4v) is 1.10. The second-order valence-corrected chi connectivity index (χ2v) is 2.78. The van der Waals surface area contributed by atoms with E-state index in [1.54, 1.807) is 24.3 Å². The molecule has 0 aromatic heterocycles. The summed E-state index contributed by atoms with van der Waals surface area (Å²) in [6, 6.07) is 7.09. The summed E-state index contributed by atoms with van der Waals surface area (Å²) in [5, 5.41) is 8.64. The van der Waals surface area contributed by atoms with Gasteiger partial charge in [0.1, 0.15) is 12.4 Å². The Hall–Kier alpha value is -1.77. The van der Waals surface area contributed by atoms with Crippen LogP contribution in [0.15, 0.2) is 36.9 Å². The van der Waals surface area contributed by atoms with Crippen LogP contribution in [0.3, 0.4) is 0 Å². The maximum absolute atomic E-state index is 10.5. The summed E-state index contributed by atoms with van der Waals surface area (Å²) in [5.74, 6) is -0.255. The van der Waals surface area contributed by atoms with Crippen molar-refractivity contribution in [1.82, 2.24) is 0 Å². The molecule has 1 aromatic carbocycles. The standard InChI is InChI=1S/C11H12O3/c1-2-7-14-10-6-4-3-5-9(10)8-11(12)13/h2-6H,1,7-8H2,(H,12,13). The van der Waals surface area contributed by atoms with Crippen LogP contribution in [-0.4, -0.2) is 17.7 Å². The van der Waals surface area contributed by atoms with E-state index in [-0.39, 0.29) is 6.42 Å². The van der Waals surface area contributed by atoms with E-state index in [9.17, 15) is 4.79 Å². The maximum Gasteiger partial charge on any atom is 0.307 e. The topological polar surface area (TPSA) is 46.5 Å². The largest absolute Gasteiger partial charge is 0.489 e. The zero-order valence-corrected chi connectivity index (χ0v) is 7.77. The van der Waals surface area contributed by atoms with Gasteiger partial charge in [-0.2, -0.15) is 0 Å². The number of aliphatic carboxylic acids is 1. The third-order valence-electron chi connectivity index (χ3n) is 1.67. The lowest BCUT2D eigenvalue weighted by atomic mass is 10.1. The van der Waals surface area contributed by atoms with Crippen molar-refractivity contribution in [2.45, 2.75) is 6.42 Å². The van der Waals surface area contributed by atoms with Gasteiger partial charge in [-0.05, 0) is 6.07 Å². The fourth-order valence-electron chi connectivity index (χ4n) is 1.10. The van der Waals surface area contributed by atoms with E-state index in [4.69, 9.17) is 9.84 Å². The summed E-state index contributed by atoms with van der Waals surface area (Å²) in [6.07, 6.45) is 1.60. The van der Waals surface area contributed by atoms with Crippen molar-refractivity contribution in [1.29, 1.82) is 0 Å². The van der Waals surface area contributed by atoms with Gasteiger partial charge in [0.15, 0.2) is 0 Å². The predicted molar refractivity (Wildman–Crippen MR) is 53.5 cm³/mol. The molecule has 14 heavy (non-hydrogen) atoms. The molecule has 0 heterocycles. The van der Waals surface area contributed by atoms with E-state index in [1.807, 2.05) is 6.07 Å². The van der Waals surface area contributed by atoms with Gasteiger partial charge in [0.25, 0.3) is 0 Å². The third kappa shape index (κ3) is 2.94. The van der Waals surface area contributed by atoms with Gasteiger partial charge in [-0.25, -0.2) is 0 Å². The second kappa shape index (κ2) is 5.07. The lowest BCUT2D eigenvalue weighted by molar-refractivity contribution is -0.136. The highest BCUT2D eigenvalue weighted by molar-refractivity contribution is 5.71. The minimum atomic E-state index is -0.861. The Labute approximate surface area is 82.6 Å². The molecular formula is C11H12O3. The highest BCUT2D eigenvalue weighted by Crippen LogP contribution is 2.18. The molecule has 1 rings (SSSR count). The smallest absolute Gasteiger partial charge is 0.307 e. The first kappa shape index (κ1) is 10.3. The van der Waals surface area contributed by atoms with Crippen LogP contribution in [0.2, 0.25) is 0 Å². The molecule has 0 bridgehead atoms. The molecule has 0 aliphatic carbocycles. The Kier molecular flexibility index (Phi) is 3.73. The quantitative estimate of drug-likeness (QED) is 0.724. The van der Waals surface area contributed by atoms with E-state index in [0.717, 1.165) is 0 Å². The Balaban J connectivity index is 2.79. The minimum Gasteiger partial charge on any atom is -0.489 e. The van der Waals surface area contributed by atoms with Gasteiger partial charge in [-0.15, -0.1) is 0 Å². The van der Waals surface area contributed by atoms with Crippen molar-refractivity contribution in [2.75, 3.05) is 6.61 Å².